The van der Waals surface area contributed by atoms with Crippen molar-refractivity contribution in [3.8, 4) is 0 Å². The summed E-state index contributed by atoms with van der Waals surface area (Å²) >= 11 is 11.3. The van der Waals surface area contributed by atoms with Gasteiger partial charge in [-0.1, -0.05) is 36.5 Å². The average molecular weight is 330 g/mol. The lowest BCUT2D eigenvalue weighted by Crippen LogP contribution is -2.39. The number of nitrogens with zero attached hydrogens (tertiary/aromatic N) is 3. The molecule has 0 bridgehead atoms. The third-order valence-corrected chi connectivity index (χ3v) is 2.85. The number of carbonyl (C=O) groups excluding carboxylic acids is 1. The largest absolute Gasteiger partial charge is 0.406 e. The summed E-state index contributed by atoms with van der Waals surface area (Å²) in [6.45, 7) is 0.446. The van der Waals surface area contributed by atoms with Crippen LogP contribution < -0.4 is 0 Å². The van der Waals surface area contributed by atoms with Crippen LogP contribution in [0.1, 0.15) is 30.1 Å². The molecule has 1 aromatic heterocycles. The zero-order valence-electron chi connectivity index (χ0n) is 10.5. The van der Waals surface area contributed by atoms with Gasteiger partial charge in [0.05, 0.1) is 5.56 Å². The van der Waals surface area contributed by atoms with Crippen molar-refractivity contribution in [1.82, 2.24) is 15.1 Å². The van der Waals surface area contributed by atoms with E-state index in [0.717, 1.165) is 6.07 Å². The smallest absolute Gasteiger partial charge is 0.329 e. The Balaban J connectivity index is 2.99. The number of halogens is 5. The maximum Gasteiger partial charge on any atom is 0.406 e. The molecule has 0 aliphatic heterocycles. The Hall–Kier alpha value is -1.08. The highest BCUT2D eigenvalue weighted by atomic mass is 35.5. The lowest BCUT2D eigenvalue weighted by atomic mass is 10.2. The molecule has 1 amide bonds. The Morgan fingerprint density at radius 3 is 2.55 bits per heavy atom. The second kappa shape index (κ2) is 7.08. The van der Waals surface area contributed by atoms with Gasteiger partial charge in [-0.3, -0.25) is 4.79 Å². The van der Waals surface area contributed by atoms with Crippen LogP contribution in [0.15, 0.2) is 6.07 Å². The molecule has 9 heteroatoms. The normalized spacial score (nSPS) is 11.5. The second-order valence-electron chi connectivity index (χ2n) is 4.07. The molecule has 1 heterocycles. The highest BCUT2D eigenvalue weighted by molar-refractivity contribution is 6.34. The molecule has 0 spiro atoms. The number of alkyl halides is 3. The quantitative estimate of drug-likeness (QED) is 0.829. The second-order valence-corrected chi connectivity index (χ2v) is 4.81. The Labute approximate surface area is 123 Å². The summed E-state index contributed by atoms with van der Waals surface area (Å²) < 4.78 is 37.5. The first-order valence-electron chi connectivity index (χ1n) is 5.79. The van der Waals surface area contributed by atoms with Gasteiger partial charge in [0.25, 0.3) is 5.91 Å². The summed E-state index contributed by atoms with van der Waals surface area (Å²) in [5, 5.41) is 6.44. The van der Waals surface area contributed by atoms with Crippen LogP contribution in [-0.2, 0) is 0 Å². The highest BCUT2D eigenvalue weighted by Crippen LogP contribution is 2.22. The van der Waals surface area contributed by atoms with Crippen LogP contribution in [0.4, 0.5) is 13.2 Å². The van der Waals surface area contributed by atoms with Crippen molar-refractivity contribution in [1.29, 1.82) is 0 Å². The third-order valence-electron chi connectivity index (χ3n) is 2.39. The molecule has 1 rings (SSSR count). The van der Waals surface area contributed by atoms with E-state index in [9.17, 15) is 18.0 Å². The summed E-state index contributed by atoms with van der Waals surface area (Å²) in [6, 6.07) is 1.11. The number of amides is 1. The maximum absolute atomic E-state index is 12.5. The molecule has 4 nitrogen and oxygen atoms in total. The summed E-state index contributed by atoms with van der Waals surface area (Å²) in [6.07, 6.45) is -3.38. The molecule has 0 radical (unpaired) electrons. The fraction of sp³-hybridized carbons (Fsp3) is 0.545. The number of carbonyl (C=O) groups is 1. The predicted octanol–water partition coefficient (Wildman–Crippen LogP) is 3.59. The van der Waals surface area contributed by atoms with Crippen LogP contribution in [0.2, 0.25) is 10.3 Å². The minimum Gasteiger partial charge on any atom is -0.329 e. The molecule has 0 saturated carbocycles. The van der Waals surface area contributed by atoms with Crippen LogP contribution in [-0.4, -0.2) is 40.3 Å². The van der Waals surface area contributed by atoms with E-state index in [4.69, 9.17) is 23.2 Å². The van der Waals surface area contributed by atoms with Gasteiger partial charge in [0, 0.05) is 6.54 Å². The van der Waals surface area contributed by atoms with Crippen LogP contribution >= 0.6 is 23.2 Å². The van der Waals surface area contributed by atoms with Crippen molar-refractivity contribution in [2.24, 2.45) is 0 Å². The lowest BCUT2D eigenvalue weighted by molar-refractivity contribution is -0.140. The summed E-state index contributed by atoms with van der Waals surface area (Å²) in [5.41, 5.74) is -0.188. The number of rotatable bonds is 5. The predicted molar refractivity (Wildman–Crippen MR) is 68.9 cm³/mol. The first kappa shape index (κ1) is 17.0. The van der Waals surface area contributed by atoms with Gasteiger partial charge in [-0.2, -0.15) is 13.2 Å². The molecule has 0 aromatic carbocycles. The molecule has 0 aliphatic carbocycles. The molecule has 20 heavy (non-hydrogen) atoms. The summed E-state index contributed by atoms with van der Waals surface area (Å²) in [5.74, 6) is -0.863. The number of aromatic nitrogens is 2. The minimum absolute atomic E-state index is 0.0227. The van der Waals surface area contributed by atoms with E-state index in [2.05, 4.69) is 10.2 Å². The van der Waals surface area contributed by atoms with Gasteiger partial charge in [-0.05, 0) is 12.5 Å². The van der Waals surface area contributed by atoms with Crippen LogP contribution in [0.3, 0.4) is 0 Å². The van der Waals surface area contributed by atoms with Crippen LogP contribution in [0.25, 0.3) is 0 Å². The van der Waals surface area contributed by atoms with Crippen molar-refractivity contribution in [2.45, 2.75) is 25.9 Å². The van der Waals surface area contributed by atoms with Gasteiger partial charge in [0.1, 0.15) is 6.54 Å². The number of hydrogen-bond donors (Lipinski definition) is 0. The molecule has 0 aliphatic rings. The van der Waals surface area contributed by atoms with Gasteiger partial charge in [-0.25, -0.2) is 0 Å². The Morgan fingerprint density at radius 1 is 1.35 bits per heavy atom. The first-order chi connectivity index (χ1) is 9.24. The zero-order valence-corrected chi connectivity index (χ0v) is 12.1. The standard InChI is InChI=1S/C11H12Cl2F3N3O/c1-2-3-4-19(6-11(14,15)16)10(20)7-5-8(12)17-18-9(7)13/h5H,2-4,6H2,1H3. The van der Waals surface area contributed by atoms with Gasteiger partial charge >= 0.3 is 6.18 Å². The average Bonchev–Trinajstić information content (AvgIpc) is 2.35. The molecule has 0 atom stereocenters. The Kier molecular flexibility index (Phi) is 6.01. The number of unbranched alkanes of at least 4 members (excludes halogenated alkanes) is 1. The third kappa shape index (κ3) is 5.13. The van der Waals surface area contributed by atoms with Crippen LogP contribution in [0.5, 0.6) is 0 Å². The van der Waals surface area contributed by atoms with Crippen LogP contribution in [0, 0.1) is 0 Å². The van der Waals surface area contributed by atoms with Gasteiger partial charge in [0.2, 0.25) is 0 Å². The Morgan fingerprint density at radius 2 is 2.00 bits per heavy atom. The number of hydrogen-bond acceptors (Lipinski definition) is 3. The molecule has 0 unspecified atom stereocenters. The van der Waals surface area contributed by atoms with Gasteiger partial charge in [0.15, 0.2) is 10.3 Å². The maximum atomic E-state index is 12.5. The van der Waals surface area contributed by atoms with Crippen molar-refractivity contribution in [3.63, 3.8) is 0 Å². The lowest BCUT2D eigenvalue weighted by Gasteiger charge is -2.24. The first-order valence-corrected chi connectivity index (χ1v) is 6.55. The van der Waals surface area contributed by atoms with E-state index < -0.39 is 18.6 Å². The topological polar surface area (TPSA) is 46.1 Å². The minimum atomic E-state index is -4.49. The fourth-order valence-corrected chi connectivity index (χ4v) is 1.81. The van der Waals surface area contributed by atoms with E-state index in [-0.39, 0.29) is 22.4 Å². The van der Waals surface area contributed by atoms with Crippen molar-refractivity contribution in [2.75, 3.05) is 13.1 Å². The summed E-state index contributed by atoms with van der Waals surface area (Å²) in [7, 11) is 0. The fourth-order valence-electron chi connectivity index (χ4n) is 1.49. The van der Waals surface area contributed by atoms with Crippen molar-refractivity contribution < 1.29 is 18.0 Å². The highest BCUT2D eigenvalue weighted by Gasteiger charge is 2.33. The summed E-state index contributed by atoms with van der Waals surface area (Å²) in [4.78, 5) is 12.8. The Bertz CT molecular complexity index is 482. The van der Waals surface area contributed by atoms with E-state index in [1.54, 1.807) is 0 Å². The molecule has 1 aromatic rings. The molecule has 0 saturated heterocycles. The monoisotopic (exact) mass is 329 g/mol. The SMILES string of the molecule is CCCCN(CC(F)(F)F)C(=O)c1cc(Cl)nnc1Cl. The van der Waals surface area contributed by atoms with Crippen molar-refractivity contribution >= 4 is 29.1 Å². The van der Waals surface area contributed by atoms with Gasteiger partial charge in [-0.15, -0.1) is 10.2 Å². The molecular formula is C11H12Cl2F3N3O. The molecule has 112 valence electrons. The van der Waals surface area contributed by atoms with E-state index in [1.165, 1.54) is 0 Å². The van der Waals surface area contributed by atoms with E-state index >= 15 is 0 Å². The molecule has 0 fully saturated rings. The van der Waals surface area contributed by atoms with E-state index in [0.29, 0.717) is 17.7 Å². The van der Waals surface area contributed by atoms with E-state index in [1.807, 2.05) is 6.92 Å². The molecule has 0 N–H and O–H groups in total. The van der Waals surface area contributed by atoms with Gasteiger partial charge < -0.3 is 4.90 Å². The zero-order chi connectivity index (χ0) is 15.3. The molecular weight excluding hydrogens is 318 g/mol. The van der Waals surface area contributed by atoms with Crippen molar-refractivity contribution in [3.05, 3.63) is 21.9 Å².